The van der Waals surface area contributed by atoms with Crippen LogP contribution in [0.5, 0.6) is 0 Å². The smallest absolute Gasteiger partial charge is 0.0329 e. The third-order valence-electron chi connectivity index (χ3n) is 8.48. The molecule has 0 aromatic rings. The summed E-state index contributed by atoms with van der Waals surface area (Å²) in [4.78, 5) is 0. The van der Waals surface area contributed by atoms with Crippen LogP contribution in [0.15, 0.2) is 0 Å². The Morgan fingerprint density at radius 3 is 0.955 bits per heavy atom. The first kappa shape index (κ1) is 16.8. The molecule has 0 aliphatic heterocycles. The van der Waals surface area contributed by atoms with E-state index in [2.05, 4.69) is 27.7 Å². The summed E-state index contributed by atoms with van der Waals surface area (Å²) >= 11 is 0. The van der Waals surface area contributed by atoms with Crippen LogP contribution >= 0.6 is 0 Å². The summed E-state index contributed by atoms with van der Waals surface area (Å²) in [5.41, 5.74) is 0. The molecule has 3 saturated carbocycles. The molecule has 0 spiro atoms. The van der Waals surface area contributed by atoms with Crippen molar-refractivity contribution >= 4 is 0 Å². The predicted octanol–water partition coefficient (Wildman–Crippen LogP) is 6.94. The molecule has 3 rings (SSSR count). The van der Waals surface area contributed by atoms with Crippen LogP contribution in [0.1, 0.15) is 91.9 Å². The van der Waals surface area contributed by atoms with Crippen molar-refractivity contribution in [3.05, 3.63) is 0 Å². The van der Waals surface area contributed by atoms with Crippen LogP contribution in [-0.2, 0) is 0 Å². The number of hydrogen-bond donors (Lipinski definition) is 0. The van der Waals surface area contributed by atoms with Gasteiger partial charge in [0.1, 0.15) is 0 Å². The molecule has 0 aromatic carbocycles. The normalized spacial score (nSPS) is 45.8. The van der Waals surface area contributed by atoms with Crippen LogP contribution in [0.2, 0.25) is 0 Å². The van der Waals surface area contributed by atoms with Gasteiger partial charge in [-0.25, -0.2) is 0 Å². The van der Waals surface area contributed by atoms with Crippen LogP contribution in [-0.4, -0.2) is 0 Å². The molecule has 3 aliphatic rings. The Balaban J connectivity index is 1.75. The van der Waals surface area contributed by atoms with E-state index < -0.39 is 0 Å². The molecule has 0 heterocycles. The standard InChI is InChI=1S/C22H40/c1-15-16(2)22(20-13-9-6-10-14-20)18(4)17(3)21(15)19-11-7-5-8-12-19/h15-22H,5-14H2,1-4H3. The first-order valence-electron chi connectivity index (χ1n) is 10.6. The van der Waals surface area contributed by atoms with Crippen molar-refractivity contribution in [3.8, 4) is 0 Å². The van der Waals surface area contributed by atoms with Crippen molar-refractivity contribution < 1.29 is 0 Å². The second-order valence-electron chi connectivity index (χ2n) is 9.39. The summed E-state index contributed by atoms with van der Waals surface area (Å²) in [5, 5.41) is 0. The maximum Gasteiger partial charge on any atom is -0.0329 e. The third kappa shape index (κ3) is 3.13. The van der Waals surface area contributed by atoms with Crippen molar-refractivity contribution in [2.75, 3.05) is 0 Å². The van der Waals surface area contributed by atoms with Crippen LogP contribution in [0.25, 0.3) is 0 Å². The summed E-state index contributed by atoms with van der Waals surface area (Å²) < 4.78 is 0. The van der Waals surface area contributed by atoms with Crippen LogP contribution in [0.4, 0.5) is 0 Å². The lowest BCUT2D eigenvalue weighted by Gasteiger charge is -2.54. The van der Waals surface area contributed by atoms with Gasteiger partial charge in [0.15, 0.2) is 0 Å². The van der Waals surface area contributed by atoms with E-state index in [-0.39, 0.29) is 0 Å². The molecule has 0 saturated heterocycles. The Labute approximate surface area is 139 Å². The lowest BCUT2D eigenvalue weighted by molar-refractivity contribution is -0.0557. The average molecular weight is 305 g/mol. The minimum Gasteiger partial charge on any atom is -0.0620 e. The van der Waals surface area contributed by atoms with Gasteiger partial charge in [0.25, 0.3) is 0 Å². The van der Waals surface area contributed by atoms with Crippen LogP contribution < -0.4 is 0 Å². The summed E-state index contributed by atoms with van der Waals surface area (Å²) in [6, 6.07) is 0. The van der Waals surface area contributed by atoms with Crippen molar-refractivity contribution in [1.82, 2.24) is 0 Å². The first-order valence-corrected chi connectivity index (χ1v) is 10.6. The lowest BCUT2D eigenvalue weighted by atomic mass is 9.51. The molecule has 0 radical (unpaired) electrons. The van der Waals surface area contributed by atoms with Gasteiger partial charge in [-0.05, 0) is 47.3 Å². The molecule has 128 valence electrons. The van der Waals surface area contributed by atoms with Crippen molar-refractivity contribution in [1.29, 1.82) is 0 Å². The van der Waals surface area contributed by atoms with Gasteiger partial charge in [0.05, 0.1) is 0 Å². The summed E-state index contributed by atoms with van der Waals surface area (Å²) in [6.07, 6.45) is 15.2. The fraction of sp³-hybridized carbons (Fsp3) is 1.00. The minimum atomic E-state index is 0.959. The quantitative estimate of drug-likeness (QED) is 0.518. The van der Waals surface area contributed by atoms with Gasteiger partial charge in [-0.3, -0.25) is 0 Å². The molecule has 0 heteroatoms. The van der Waals surface area contributed by atoms with Gasteiger partial charge in [0, 0.05) is 0 Å². The van der Waals surface area contributed by atoms with E-state index in [0.29, 0.717) is 0 Å². The highest BCUT2D eigenvalue weighted by molar-refractivity contribution is 4.96. The highest BCUT2D eigenvalue weighted by atomic mass is 14.5. The molecule has 4 atom stereocenters. The van der Waals surface area contributed by atoms with E-state index in [4.69, 9.17) is 0 Å². The Morgan fingerprint density at radius 2 is 0.682 bits per heavy atom. The Kier molecular flexibility index (Phi) is 5.56. The summed E-state index contributed by atoms with van der Waals surface area (Å²) in [6.45, 7) is 10.5. The zero-order valence-corrected chi connectivity index (χ0v) is 15.7. The monoisotopic (exact) mass is 304 g/mol. The molecular formula is C22H40. The molecule has 22 heavy (non-hydrogen) atoms. The van der Waals surface area contributed by atoms with E-state index in [1.165, 1.54) is 64.2 Å². The molecular weight excluding hydrogens is 264 g/mol. The van der Waals surface area contributed by atoms with E-state index in [1.54, 1.807) is 0 Å². The third-order valence-corrected chi connectivity index (χ3v) is 8.48. The fourth-order valence-corrected chi connectivity index (χ4v) is 7.12. The summed E-state index contributed by atoms with van der Waals surface area (Å²) in [5.74, 6) is 7.98. The molecule has 0 bridgehead atoms. The van der Waals surface area contributed by atoms with Gasteiger partial charge in [0.2, 0.25) is 0 Å². The van der Waals surface area contributed by atoms with Crippen LogP contribution in [0, 0.1) is 47.3 Å². The molecule has 0 N–H and O–H groups in total. The van der Waals surface area contributed by atoms with Gasteiger partial charge < -0.3 is 0 Å². The molecule has 0 amide bonds. The zero-order chi connectivity index (χ0) is 15.7. The highest BCUT2D eigenvalue weighted by Crippen LogP contribution is 2.54. The zero-order valence-electron chi connectivity index (χ0n) is 15.7. The molecule has 4 unspecified atom stereocenters. The molecule has 3 fully saturated rings. The fourth-order valence-electron chi connectivity index (χ4n) is 7.12. The van der Waals surface area contributed by atoms with Crippen molar-refractivity contribution in [3.63, 3.8) is 0 Å². The first-order chi connectivity index (χ1) is 10.6. The van der Waals surface area contributed by atoms with E-state index in [9.17, 15) is 0 Å². The number of hydrogen-bond acceptors (Lipinski definition) is 0. The lowest BCUT2D eigenvalue weighted by Crippen LogP contribution is -2.48. The maximum atomic E-state index is 2.63. The number of rotatable bonds is 2. The van der Waals surface area contributed by atoms with Crippen molar-refractivity contribution in [2.24, 2.45) is 47.3 Å². The van der Waals surface area contributed by atoms with Gasteiger partial charge in [-0.15, -0.1) is 0 Å². The van der Waals surface area contributed by atoms with Crippen molar-refractivity contribution in [2.45, 2.75) is 91.9 Å². The van der Waals surface area contributed by atoms with Gasteiger partial charge >= 0.3 is 0 Å². The SMILES string of the molecule is CC1C(C)C(C2CCCCC2)C(C)C(C)C1C1CCCCC1. The molecule has 3 aliphatic carbocycles. The second-order valence-corrected chi connectivity index (χ2v) is 9.39. The topological polar surface area (TPSA) is 0 Å². The Hall–Kier alpha value is 0. The average Bonchev–Trinajstić information content (AvgIpc) is 2.55. The summed E-state index contributed by atoms with van der Waals surface area (Å²) in [7, 11) is 0. The van der Waals surface area contributed by atoms with E-state index in [1.807, 2.05) is 0 Å². The predicted molar refractivity (Wildman–Crippen MR) is 96.8 cm³/mol. The second kappa shape index (κ2) is 7.27. The Bertz CT molecular complexity index is 284. The molecule has 0 aromatic heterocycles. The largest absolute Gasteiger partial charge is 0.0620 e. The van der Waals surface area contributed by atoms with Gasteiger partial charge in [-0.1, -0.05) is 91.9 Å². The van der Waals surface area contributed by atoms with Crippen LogP contribution in [0.3, 0.4) is 0 Å². The Morgan fingerprint density at radius 1 is 0.409 bits per heavy atom. The van der Waals surface area contributed by atoms with E-state index >= 15 is 0 Å². The maximum absolute atomic E-state index is 2.63. The minimum absolute atomic E-state index is 0.959. The highest BCUT2D eigenvalue weighted by Gasteiger charge is 2.47. The van der Waals surface area contributed by atoms with E-state index in [0.717, 1.165) is 47.3 Å². The van der Waals surface area contributed by atoms with Gasteiger partial charge in [-0.2, -0.15) is 0 Å². The molecule has 0 nitrogen and oxygen atoms in total.